The van der Waals surface area contributed by atoms with Crippen LogP contribution >= 0.6 is 0 Å². The van der Waals surface area contributed by atoms with Crippen LogP contribution in [0.15, 0.2) is 12.1 Å². The number of aliphatic hydroxyl groups is 2. The van der Waals surface area contributed by atoms with Crippen LogP contribution in [-0.4, -0.2) is 61.4 Å². The highest BCUT2D eigenvalue weighted by molar-refractivity contribution is 5.40. The molecule has 0 atom stereocenters. The predicted molar refractivity (Wildman–Crippen MR) is 126 cm³/mol. The van der Waals surface area contributed by atoms with Gasteiger partial charge < -0.3 is 29.2 Å². The van der Waals surface area contributed by atoms with Gasteiger partial charge in [0.05, 0.1) is 46.1 Å². The molecule has 0 unspecified atom stereocenters. The van der Waals surface area contributed by atoms with Gasteiger partial charge in [0.15, 0.2) is 11.6 Å². The lowest BCUT2D eigenvalue weighted by Crippen LogP contribution is -2.61. The van der Waals surface area contributed by atoms with Crippen LogP contribution < -0.4 is 0 Å². The Hall–Kier alpha value is -1.02. The minimum absolute atomic E-state index is 0.0485. The van der Waals surface area contributed by atoms with Gasteiger partial charge in [-0.15, -0.1) is 0 Å². The van der Waals surface area contributed by atoms with Gasteiger partial charge in [-0.3, -0.25) is 0 Å². The van der Waals surface area contributed by atoms with Gasteiger partial charge in [-0.25, -0.2) is 0 Å². The molecule has 1 aromatic carbocycles. The molecule has 4 rings (SSSR count). The molecule has 0 bridgehead atoms. The second-order valence-corrected chi connectivity index (χ2v) is 11.1. The summed E-state index contributed by atoms with van der Waals surface area (Å²) in [5.74, 6) is -1.47. The van der Waals surface area contributed by atoms with Gasteiger partial charge in [0.1, 0.15) is 0 Å². The van der Waals surface area contributed by atoms with Crippen LogP contribution in [0.1, 0.15) is 74.1 Å². The second-order valence-electron chi connectivity index (χ2n) is 11.1. The summed E-state index contributed by atoms with van der Waals surface area (Å²) < 4.78 is 26.0. The fourth-order valence-corrected chi connectivity index (χ4v) is 5.98. The highest BCUT2D eigenvalue weighted by Gasteiger charge is 2.58. The van der Waals surface area contributed by atoms with E-state index < -0.39 is 11.6 Å². The van der Waals surface area contributed by atoms with Crippen molar-refractivity contribution in [1.29, 1.82) is 0 Å². The molecule has 1 saturated carbocycles. The quantitative estimate of drug-likeness (QED) is 0.685. The number of rotatable bonds is 5. The summed E-state index contributed by atoms with van der Waals surface area (Å²) in [6, 6.07) is 4.48. The Morgan fingerprint density at radius 3 is 1.48 bits per heavy atom. The molecule has 2 heterocycles. The van der Waals surface area contributed by atoms with Gasteiger partial charge >= 0.3 is 0 Å². The molecule has 0 radical (unpaired) electrons. The van der Waals surface area contributed by atoms with E-state index in [-0.39, 0.29) is 30.0 Å². The first-order valence-corrected chi connectivity index (χ1v) is 12.5. The third kappa shape index (κ3) is 4.63. The maximum absolute atomic E-state index is 9.98. The van der Waals surface area contributed by atoms with E-state index in [4.69, 9.17) is 18.9 Å². The van der Waals surface area contributed by atoms with E-state index in [2.05, 4.69) is 46.8 Å². The molecule has 2 saturated heterocycles. The first-order chi connectivity index (χ1) is 15.7. The lowest BCUT2D eigenvalue weighted by molar-refractivity contribution is -0.393. The van der Waals surface area contributed by atoms with Crippen molar-refractivity contribution in [2.24, 2.45) is 10.8 Å². The normalized spacial score (nSPS) is 39.3. The van der Waals surface area contributed by atoms with E-state index in [1.165, 1.54) is 22.3 Å². The first-order valence-electron chi connectivity index (χ1n) is 12.5. The van der Waals surface area contributed by atoms with Crippen molar-refractivity contribution < 1.29 is 29.2 Å². The highest BCUT2D eigenvalue weighted by atomic mass is 16.7. The SMILES string of the molecule is CCC1(CO)COC2(CC(c3c(C)cc(C)cc3C)CC3(C2)OCC(CC)(CO)CO3)OC1. The van der Waals surface area contributed by atoms with Crippen molar-refractivity contribution in [2.45, 2.75) is 84.2 Å². The van der Waals surface area contributed by atoms with Crippen molar-refractivity contribution in [1.82, 2.24) is 0 Å². The molecule has 2 aliphatic heterocycles. The van der Waals surface area contributed by atoms with Gasteiger partial charge in [-0.1, -0.05) is 31.5 Å². The smallest absolute Gasteiger partial charge is 0.174 e. The van der Waals surface area contributed by atoms with Crippen LogP contribution in [-0.2, 0) is 18.9 Å². The molecule has 3 aliphatic rings. The Bertz CT molecular complexity index is 758. The Labute approximate surface area is 198 Å². The molecule has 1 aliphatic carbocycles. The molecule has 3 fully saturated rings. The third-order valence-corrected chi connectivity index (χ3v) is 8.54. The summed E-state index contributed by atoms with van der Waals surface area (Å²) in [7, 11) is 0. The molecule has 33 heavy (non-hydrogen) atoms. The molecule has 2 spiro atoms. The maximum atomic E-state index is 9.98. The van der Waals surface area contributed by atoms with Crippen LogP contribution in [0.4, 0.5) is 0 Å². The minimum atomic E-state index is -0.814. The topological polar surface area (TPSA) is 77.4 Å². The zero-order valence-corrected chi connectivity index (χ0v) is 21.0. The molecular weight excluding hydrogens is 420 g/mol. The van der Waals surface area contributed by atoms with Crippen LogP contribution in [0.25, 0.3) is 0 Å². The molecule has 1 aromatic rings. The van der Waals surface area contributed by atoms with E-state index in [1.807, 2.05) is 0 Å². The van der Waals surface area contributed by atoms with Gasteiger partial charge in [0.2, 0.25) is 0 Å². The zero-order valence-electron chi connectivity index (χ0n) is 21.0. The van der Waals surface area contributed by atoms with Crippen molar-refractivity contribution >= 4 is 0 Å². The van der Waals surface area contributed by atoms with Crippen molar-refractivity contribution in [3.05, 3.63) is 34.4 Å². The average molecular weight is 463 g/mol. The first kappa shape index (κ1) is 25.1. The van der Waals surface area contributed by atoms with Crippen LogP contribution in [0.2, 0.25) is 0 Å². The van der Waals surface area contributed by atoms with E-state index >= 15 is 0 Å². The summed E-state index contributed by atoms with van der Waals surface area (Å²) in [5.41, 5.74) is 4.41. The van der Waals surface area contributed by atoms with Gasteiger partial charge in [0, 0.05) is 23.7 Å². The standard InChI is InChI=1S/C27H42O6/c1-6-24(13-28)15-30-26(31-16-24)10-22(23-20(4)8-19(3)9-21(23)5)11-27(12-26)32-17-25(7-2,14-29)18-33-27/h8-9,22,28-29H,6-7,10-18H2,1-5H3. The number of hydrogen-bond donors (Lipinski definition) is 2. The average Bonchev–Trinajstić information content (AvgIpc) is 2.80. The van der Waals surface area contributed by atoms with Crippen molar-refractivity contribution in [3.8, 4) is 0 Å². The molecule has 6 nitrogen and oxygen atoms in total. The van der Waals surface area contributed by atoms with Crippen LogP contribution in [0.3, 0.4) is 0 Å². The van der Waals surface area contributed by atoms with Crippen molar-refractivity contribution in [3.63, 3.8) is 0 Å². The monoisotopic (exact) mass is 462 g/mol. The van der Waals surface area contributed by atoms with E-state index in [1.54, 1.807) is 0 Å². The Morgan fingerprint density at radius 2 is 1.15 bits per heavy atom. The summed E-state index contributed by atoms with van der Waals surface area (Å²) in [4.78, 5) is 0. The molecule has 0 amide bonds. The van der Waals surface area contributed by atoms with E-state index in [9.17, 15) is 10.2 Å². The Balaban J connectivity index is 1.67. The molecular formula is C27H42O6. The Kier molecular flexibility index (Phi) is 7.00. The molecule has 2 N–H and O–H groups in total. The van der Waals surface area contributed by atoms with E-state index in [0.29, 0.717) is 32.8 Å². The fraction of sp³-hybridized carbons (Fsp3) is 0.778. The van der Waals surface area contributed by atoms with Gasteiger partial charge in [0.25, 0.3) is 0 Å². The number of aryl methyl sites for hydroxylation is 3. The number of hydrogen-bond acceptors (Lipinski definition) is 6. The minimum Gasteiger partial charge on any atom is -0.396 e. The van der Waals surface area contributed by atoms with Crippen LogP contribution in [0.5, 0.6) is 0 Å². The summed E-state index contributed by atoms with van der Waals surface area (Å²) >= 11 is 0. The largest absolute Gasteiger partial charge is 0.396 e. The van der Waals surface area contributed by atoms with E-state index in [0.717, 1.165) is 25.7 Å². The predicted octanol–water partition coefficient (Wildman–Crippen LogP) is 4.14. The second kappa shape index (κ2) is 9.21. The summed E-state index contributed by atoms with van der Waals surface area (Å²) in [6.45, 7) is 12.6. The summed E-state index contributed by atoms with van der Waals surface area (Å²) in [6.07, 6.45) is 3.56. The maximum Gasteiger partial charge on any atom is 0.174 e. The lowest BCUT2D eigenvalue weighted by Gasteiger charge is -2.56. The van der Waals surface area contributed by atoms with Gasteiger partial charge in [-0.05, 0) is 56.2 Å². The molecule has 6 heteroatoms. The third-order valence-electron chi connectivity index (χ3n) is 8.54. The Morgan fingerprint density at radius 1 is 0.758 bits per heavy atom. The zero-order chi connectivity index (χ0) is 23.9. The highest BCUT2D eigenvalue weighted by Crippen LogP contribution is 2.53. The fourth-order valence-electron chi connectivity index (χ4n) is 5.98. The molecule has 0 aromatic heterocycles. The number of ether oxygens (including phenoxy) is 4. The van der Waals surface area contributed by atoms with Crippen molar-refractivity contribution in [2.75, 3.05) is 39.6 Å². The van der Waals surface area contributed by atoms with Crippen LogP contribution in [0, 0.1) is 31.6 Å². The number of benzene rings is 1. The summed E-state index contributed by atoms with van der Waals surface area (Å²) in [5, 5.41) is 20.0. The van der Waals surface area contributed by atoms with Gasteiger partial charge in [-0.2, -0.15) is 0 Å². The lowest BCUT2D eigenvalue weighted by atomic mass is 9.72. The molecule has 186 valence electrons. The number of aliphatic hydroxyl groups excluding tert-OH is 2.